The number of aliphatic hydroxyl groups is 1. The van der Waals surface area contributed by atoms with Crippen LogP contribution in [0.5, 0.6) is 0 Å². The van der Waals surface area contributed by atoms with Crippen molar-refractivity contribution in [3.8, 4) is 0 Å². The number of aliphatic hydroxyl groups excluding tert-OH is 1. The number of nitrogens with zero attached hydrogens (tertiary/aromatic N) is 1. The van der Waals surface area contributed by atoms with Crippen LogP contribution in [0.25, 0.3) is 0 Å². The van der Waals surface area contributed by atoms with Gasteiger partial charge in [-0.25, -0.2) is 4.31 Å². The molecule has 0 amide bonds. The van der Waals surface area contributed by atoms with E-state index in [-0.39, 0.29) is 6.23 Å². The number of rotatable bonds is 1. The minimum Gasteiger partial charge on any atom is -0.378 e. The molecule has 2 atom stereocenters. The van der Waals surface area contributed by atoms with Crippen molar-refractivity contribution in [3.63, 3.8) is 0 Å². The Morgan fingerprint density at radius 3 is 2.91 bits per heavy atom. The van der Waals surface area contributed by atoms with Gasteiger partial charge in [-0.2, -0.15) is 0 Å². The highest BCUT2D eigenvalue weighted by atomic mass is 32.2. The Balaban J connectivity index is 2.45. The van der Waals surface area contributed by atoms with E-state index in [2.05, 4.69) is 11.2 Å². The zero-order valence-electron chi connectivity index (χ0n) is 7.29. The first-order chi connectivity index (χ1) is 5.22. The smallest absolute Gasteiger partial charge is 0.113 e. The predicted molar refractivity (Wildman–Crippen MR) is 49.3 cm³/mol. The van der Waals surface area contributed by atoms with E-state index in [9.17, 15) is 5.11 Å². The van der Waals surface area contributed by atoms with Crippen LogP contribution in [0.1, 0.15) is 33.1 Å². The molecular weight excluding hydrogens is 158 g/mol. The molecule has 0 spiro atoms. The largest absolute Gasteiger partial charge is 0.378 e. The lowest BCUT2D eigenvalue weighted by atomic mass is 10.1. The minimum atomic E-state index is -0.298. The molecule has 1 rings (SSSR count). The van der Waals surface area contributed by atoms with Crippen molar-refractivity contribution in [2.24, 2.45) is 0 Å². The molecule has 0 radical (unpaired) electrons. The molecule has 0 aromatic heterocycles. The summed E-state index contributed by atoms with van der Waals surface area (Å²) >= 11 is 1.78. The summed E-state index contributed by atoms with van der Waals surface area (Å²) < 4.78 is 2.10. The normalized spacial score (nSPS) is 31.4. The van der Waals surface area contributed by atoms with Crippen molar-refractivity contribution in [2.45, 2.75) is 45.4 Å². The van der Waals surface area contributed by atoms with Gasteiger partial charge in [-0.05, 0) is 26.7 Å². The Morgan fingerprint density at radius 2 is 2.27 bits per heavy atom. The molecule has 2 unspecified atom stereocenters. The second-order valence-corrected chi connectivity index (χ2v) is 4.26. The van der Waals surface area contributed by atoms with Gasteiger partial charge in [-0.15, -0.1) is 0 Å². The quantitative estimate of drug-likeness (QED) is 0.615. The van der Waals surface area contributed by atoms with Gasteiger partial charge in [0.25, 0.3) is 0 Å². The van der Waals surface area contributed by atoms with Crippen LogP contribution in [0.15, 0.2) is 0 Å². The van der Waals surface area contributed by atoms with E-state index < -0.39 is 0 Å². The van der Waals surface area contributed by atoms with Gasteiger partial charge in [0.1, 0.15) is 6.23 Å². The molecule has 11 heavy (non-hydrogen) atoms. The van der Waals surface area contributed by atoms with Crippen molar-refractivity contribution >= 4 is 11.9 Å². The summed E-state index contributed by atoms with van der Waals surface area (Å²) in [7, 11) is 0. The third-order valence-corrected chi connectivity index (χ3v) is 3.49. The number of hydrogen-bond acceptors (Lipinski definition) is 3. The van der Waals surface area contributed by atoms with Crippen molar-refractivity contribution in [1.29, 1.82) is 0 Å². The maximum Gasteiger partial charge on any atom is 0.113 e. The molecule has 1 N–H and O–H groups in total. The van der Waals surface area contributed by atoms with E-state index in [4.69, 9.17) is 0 Å². The van der Waals surface area contributed by atoms with Gasteiger partial charge in [0.2, 0.25) is 0 Å². The Morgan fingerprint density at radius 1 is 1.55 bits per heavy atom. The van der Waals surface area contributed by atoms with Crippen molar-refractivity contribution in [1.82, 2.24) is 4.31 Å². The molecule has 66 valence electrons. The number of hydrogen-bond donors (Lipinski definition) is 1. The molecule has 1 fully saturated rings. The summed E-state index contributed by atoms with van der Waals surface area (Å²) in [6.07, 6.45) is 3.51. The molecule has 1 aliphatic heterocycles. The Hall–Kier alpha value is 0.270. The van der Waals surface area contributed by atoms with E-state index in [1.54, 1.807) is 11.9 Å². The lowest BCUT2D eigenvalue weighted by molar-refractivity contribution is 0.0658. The fraction of sp³-hybridized carbons (Fsp3) is 1.00. The maximum atomic E-state index is 9.38. The summed E-state index contributed by atoms with van der Waals surface area (Å²) in [4.78, 5) is 0. The Bertz CT molecular complexity index is 119. The van der Waals surface area contributed by atoms with Crippen LogP contribution in [0, 0.1) is 0 Å². The van der Waals surface area contributed by atoms with Crippen LogP contribution in [-0.4, -0.2) is 27.4 Å². The van der Waals surface area contributed by atoms with E-state index in [1.165, 1.54) is 19.3 Å². The van der Waals surface area contributed by atoms with Gasteiger partial charge in [-0.1, -0.05) is 18.4 Å². The second-order valence-electron chi connectivity index (χ2n) is 3.17. The molecule has 3 heteroatoms. The zero-order chi connectivity index (χ0) is 8.27. The summed E-state index contributed by atoms with van der Waals surface area (Å²) in [5.41, 5.74) is 0. The highest BCUT2D eigenvalue weighted by molar-refractivity contribution is 7.97. The minimum absolute atomic E-state index is 0.298. The third kappa shape index (κ3) is 2.65. The van der Waals surface area contributed by atoms with Gasteiger partial charge in [0.15, 0.2) is 0 Å². The van der Waals surface area contributed by atoms with Crippen molar-refractivity contribution in [3.05, 3.63) is 0 Å². The van der Waals surface area contributed by atoms with Gasteiger partial charge >= 0.3 is 0 Å². The summed E-state index contributed by atoms with van der Waals surface area (Å²) in [6, 6.07) is 0.530. The topological polar surface area (TPSA) is 23.5 Å². The van der Waals surface area contributed by atoms with E-state index in [0.717, 1.165) is 5.75 Å². The highest BCUT2D eigenvalue weighted by Gasteiger charge is 2.20. The van der Waals surface area contributed by atoms with Gasteiger partial charge in [0, 0.05) is 11.8 Å². The third-order valence-electron chi connectivity index (χ3n) is 2.06. The van der Waals surface area contributed by atoms with Gasteiger partial charge in [-0.3, -0.25) is 0 Å². The molecule has 0 aromatic carbocycles. The van der Waals surface area contributed by atoms with Crippen LogP contribution >= 0.6 is 11.9 Å². The summed E-state index contributed by atoms with van der Waals surface area (Å²) in [5.74, 6) is 1.16. The second kappa shape index (κ2) is 4.33. The standard InChI is InChI=1S/C8H17NOS/c1-7-5-3-4-6-11-9(7)8(2)10/h7-8,10H,3-6H2,1-2H3. The average Bonchev–Trinajstić information content (AvgIpc) is 2.13. The SMILES string of the molecule is CC(O)N1SCCCCC1C. The van der Waals surface area contributed by atoms with Crippen LogP contribution in [0.4, 0.5) is 0 Å². The summed E-state index contributed by atoms with van der Waals surface area (Å²) in [6.45, 7) is 4.03. The van der Waals surface area contributed by atoms with Crippen LogP contribution in [0.3, 0.4) is 0 Å². The van der Waals surface area contributed by atoms with E-state index in [1.807, 2.05) is 6.92 Å². The monoisotopic (exact) mass is 175 g/mol. The molecular formula is C8H17NOS. The van der Waals surface area contributed by atoms with Crippen molar-refractivity contribution in [2.75, 3.05) is 5.75 Å². The van der Waals surface area contributed by atoms with E-state index in [0.29, 0.717) is 6.04 Å². The van der Waals surface area contributed by atoms with Crippen LogP contribution < -0.4 is 0 Å². The summed E-state index contributed by atoms with van der Waals surface area (Å²) in [5, 5.41) is 9.38. The highest BCUT2D eigenvalue weighted by Crippen LogP contribution is 2.25. The first-order valence-electron chi connectivity index (χ1n) is 4.31. The van der Waals surface area contributed by atoms with Gasteiger partial charge in [0.05, 0.1) is 0 Å². The molecule has 0 aromatic rings. The molecule has 0 bridgehead atoms. The lowest BCUT2D eigenvalue weighted by Gasteiger charge is -2.27. The van der Waals surface area contributed by atoms with Crippen molar-refractivity contribution < 1.29 is 5.11 Å². The fourth-order valence-corrected chi connectivity index (χ4v) is 2.56. The molecule has 2 nitrogen and oxygen atoms in total. The fourth-order valence-electron chi connectivity index (χ4n) is 1.44. The Kier molecular flexibility index (Phi) is 3.69. The first-order valence-corrected chi connectivity index (χ1v) is 5.25. The van der Waals surface area contributed by atoms with Crippen LogP contribution in [0.2, 0.25) is 0 Å². The maximum absolute atomic E-state index is 9.38. The molecule has 1 saturated heterocycles. The molecule has 0 aliphatic carbocycles. The lowest BCUT2D eigenvalue weighted by Crippen LogP contribution is -2.33. The van der Waals surface area contributed by atoms with Gasteiger partial charge < -0.3 is 5.11 Å². The van der Waals surface area contributed by atoms with E-state index >= 15 is 0 Å². The zero-order valence-corrected chi connectivity index (χ0v) is 8.10. The Labute approximate surface area is 73.1 Å². The molecule has 1 heterocycles. The average molecular weight is 175 g/mol. The first kappa shape index (κ1) is 9.36. The molecule has 1 aliphatic rings. The van der Waals surface area contributed by atoms with Crippen LogP contribution in [-0.2, 0) is 0 Å². The molecule has 0 saturated carbocycles. The predicted octanol–water partition coefficient (Wildman–Crippen LogP) is 1.85.